The smallest absolute Gasteiger partial charge is 0.506 e. The second-order valence-electron chi connectivity index (χ2n) is 7.86. The number of aliphatic hydroxyl groups is 1. The van der Waals surface area contributed by atoms with E-state index in [2.05, 4.69) is 15.4 Å². The first-order valence-corrected chi connectivity index (χ1v) is 9.50. The lowest BCUT2D eigenvalue weighted by molar-refractivity contribution is -0.274. The molecule has 3 rings (SSSR count). The fourth-order valence-corrected chi connectivity index (χ4v) is 3.31. The first kappa shape index (κ1) is 22.7. The van der Waals surface area contributed by atoms with Crippen LogP contribution < -0.4 is 20.1 Å². The summed E-state index contributed by atoms with van der Waals surface area (Å²) in [5.41, 5.74) is 0.812. The van der Waals surface area contributed by atoms with Crippen LogP contribution in [0.1, 0.15) is 31.1 Å². The Morgan fingerprint density at radius 1 is 1.19 bits per heavy atom. The van der Waals surface area contributed by atoms with E-state index in [4.69, 9.17) is 4.74 Å². The van der Waals surface area contributed by atoms with E-state index in [0.717, 1.165) is 5.56 Å². The van der Waals surface area contributed by atoms with Crippen molar-refractivity contribution in [2.24, 2.45) is 0 Å². The van der Waals surface area contributed by atoms with Crippen molar-refractivity contribution in [1.82, 2.24) is 5.32 Å². The number of phenols is 1. The minimum atomic E-state index is -4.74. The highest BCUT2D eigenvalue weighted by Crippen LogP contribution is 2.41. The number of anilines is 1. The van der Waals surface area contributed by atoms with Crippen molar-refractivity contribution in [2.75, 3.05) is 18.5 Å². The van der Waals surface area contributed by atoms with Crippen LogP contribution in [0.25, 0.3) is 0 Å². The highest BCUT2D eigenvalue weighted by atomic mass is 19.4. The molecule has 1 atom stereocenters. The Kier molecular flexibility index (Phi) is 6.33. The number of benzene rings is 2. The van der Waals surface area contributed by atoms with Crippen LogP contribution >= 0.6 is 0 Å². The predicted molar refractivity (Wildman–Crippen MR) is 106 cm³/mol. The lowest BCUT2D eigenvalue weighted by Gasteiger charge is -2.29. The van der Waals surface area contributed by atoms with Crippen LogP contribution in [-0.4, -0.2) is 41.2 Å². The number of halogens is 3. The van der Waals surface area contributed by atoms with E-state index in [1.165, 1.54) is 24.3 Å². The van der Waals surface area contributed by atoms with Gasteiger partial charge in [0, 0.05) is 17.6 Å². The van der Waals surface area contributed by atoms with Crippen molar-refractivity contribution in [1.29, 1.82) is 0 Å². The molecule has 2 aromatic rings. The lowest BCUT2D eigenvalue weighted by atomic mass is 9.94. The molecule has 0 aliphatic carbocycles. The van der Waals surface area contributed by atoms with Crippen LogP contribution in [0.15, 0.2) is 36.4 Å². The van der Waals surface area contributed by atoms with Gasteiger partial charge < -0.3 is 30.3 Å². The molecule has 31 heavy (non-hydrogen) atoms. The molecule has 7 nitrogen and oxygen atoms in total. The monoisotopic (exact) mass is 440 g/mol. The summed E-state index contributed by atoms with van der Waals surface area (Å²) in [6.07, 6.45) is -5.25. The lowest BCUT2D eigenvalue weighted by Crippen LogP contribution is -2.43. The molecule has 0 bridgehead atoms. The topological polar surface area (TPSA) is 100 Å². The number of amides is 1. The van der Waals surface area contributed by atoms with Gasteiger partial charge in [-0.15, -0.1) is 13.2 Å². The van der Waals surface area contributed by atoms with Crippen molar-refractivity contribution < 1.29 is 37.7 Å². The van der Waals surface area contributed by atoms with Crippen molar-refractivity contribution in [3.05, 3.63) is 47.5 Å². The first-order chi connectivity index (χ1) is 14.4. The molecular formula is C21H23F3N2O5. The van der Waals surface area contributed by atoms with Crippen LogP contribution in [0, 0.1) is 0 Å². The van der Waals surface area contributed by atoms with Crippen LogP contribution in [0.4, 0.5) is 18.9 Å². The zero-order chi connectivity index (χ0) is 22.8. The quantitative estimate of drug-likeness (QED) is 0.493. The molecule has 1 amide bonds. The van der Waals surface area contributed by atoms with Gasteiger partial charge >= 0.3 is 6.36 Å². The Morgan fingerprint density at radius 3 is 2.52 bits per heavy atom. The molecule has 0 aromatic heterocycles. The second kappa shape index (κ2) is 8.64. The number of aliphatic hydroxyl groups excluding tert-OH is 1. The van der Waals surface area contributed by atoms with Gasteiger partial charge in [-0.1, -0.05) is 12.1 Å². The van der Waals surface area contributed by atoms with Crippen molar-refractivity contribution in [3.8, 4) is 17.2 Å². The highest BCUT2D eigenvalue weighted by molar-refractivity contribution is 5.97. The highest BCUT2D eigenvalue weighted by Gasteiger charge is 2.31. The van der Waals surface area contributed by atoms with Gasteiger partial charge in [-0.2, -0.15) is 0 Å². The minimum Gasteiger partial charge on any atom is -0.506 e. The van der Waals surface area contributed by atoms with Gasteiger partial charge in [-0.3, -0.25) is 4.79 Å². The number of nitrogens with one attached hydrogen (secondary N) is 2. The van der Waals surface area contributed by atoms with Crippen LogP contribution in [-0.2, 0) is 11.2 Å². The van der Waals surface area contributed by atoms with E-state index in [1.54, 1.807) is 12.1 Å². The molecule has 4 N–H and O–H groups in total. The molecule has 2 aromatic carbocycles. The van der Waals surface area contributed by atoms with Crippen molar-refractivity contribution in [3.63, 3.8) is 0 Å². The number of fused-ring (bicyclic) bond motifs is 1. The van der Waals surface area contributed by atoms with E-state index in [-0.39, 0.29) is 36.1 Å². The molecule has 0 radical (unpaired) electrons. The van der Waals surface area contributed by atoms with Gasteiger partial charge in [0.25, 0.3) is 5.91 Å². The number of hydrogen-bond acceptors (Lipinski definition) is 6. The SMILES string of the molecule is CC(C)(Cc1ccc(OC(F)(F)F)cc1)NCC(O)c1ccc(O)c2c1OCC(=O)N2. The minimum absolute atomic E-state index is 0.119. The second-order valence-corrected chi connectivity index (χ2v) is 7.86. The maximum atomic E-state index is 12.3. The van der Waals surface area contributed by atoms with Crippen LogP contribution in [0.2, 0.25) is 0 Å². The first-order valence-electron chi connectivity index (χ1n) is 9.50. The van der Waals surface area contributed by atoms with E-state index < -0.39 is 23.9 Å². The number of hydrogen-bond donors (Lipinski definition) is 4. The molecule has 0 saturated carbocycles. The number of carbonyl (C=O) groups excluding carboxylic acids is 1. The van der Waals surface area contributed by atoms with Gasteiger partial charge in [0.2, 0.25) is 0 Å². The number of carbonyl (C=O) groups is 1. The largest absolute Gasteiger partial charge is 0.573 e. The maximum Gasteiger partial charge on any atom is 0.573 e. The van der Waals surface area contributed by atoms with Crippen molar-refractivity contribution in [2.45, 2.75) is 38.3 Å². The standard InChI is InChI=1S/C21H23F3N2O5/c1-20(2,9-12-3-5-13(6-4-12)31-21(22,23)24)25-10-16(28)14-7-8-15(27)18-19(14)30-11-17(29)26-18/h3-8,16,25,27-28H,9-11H2,1-2H3,(H,26,29). The number of phenolic OH excluding ortho intramolecular Hbond substituents is 1. The summed E-state index contributed by atoms with van der Waals surface area (Å²) in [5.74, 6) is -0.640. The summed E-state index contributed by atoms with van der Waals surface area (Å²) in [4.78, 5) is 11.5. The average Bonchev–Trinajstić information content (AvgIpc) is 2.67. The molecule has 168 valence electrons. The Bertz CT molecular complexity index is 945. The number of rotatable bonds is 7. The third kappa shape index (κ3) is 6.02. The normalized spacial score (nSPS) is 15.0. The third-order valence-corrected chi connectivity index (χ3v) is 4.71. The van der Waals surface area contributed by atoms with Gasteiger partial charge in [-0.25, -0.2) is 0 Å². The fraction of sp³-hybridized carbons (Fsp3) is 0.381. The molecule has 1 aliphatic rings. The molecule has 0 fully saturated rings. The van der Waals surface area contributed by atoms with E-state index >= 15 is 0 Å². The van der Waals surface area contributed by atoms with Gasteiger partial charge in [0.15, 0.2) is 12.4 Å². The number of aromatic hydroxyl groups is 1. The summed E-state index contributed by atoms with van der Waals surface area (Å²) in [6.45, 7) is 3.70. The molecule has 0 saturated heterocycles. The summed E-state index contributed by atoms with van der Waals surface area (Å²) in [7, 11) is 0. The molecule has 1 aliphatic heterocycles. The Balaban J connectivity index is 1.63. The Morgan fingerprint density at radius 2 is 1.87 bits per heavy atom. The summed E-state index contributed by atoms with van der Waals surface area (Å²) in [6, 6.07) is 8.48. The third-order valence-electron chi connectivity index (χ3n) is 4.71. The Hall–Kier alpha value is -2.98. The molecular weight excluding hydrogens is 417 g/mol. The predicted octanol–water partition coefficient (Wildman–Crippen LogP) is 3.27. The molecule has 10 heteroatoms. The van der Waals surface area contributed by atoms with Crippen LogP contribution in [0.3, 0.4) is 0 Å². The zero-order valence-corrected chi connectivity index (χ0v) is 16.9. The van der Waals surface area contributed by atoms with E-state index in [0.29, 0.717) is 12.0 Å². The summed E-state index contributed by atoms with van der Waals surface area (Å²) in [5, 5.41) is 26.3. The molecule has 1 unspecified atom stereocenters. The fourth-order valence-electron chi connectivity index (χ4n) is 3.31. The maximum absolute atomic E-state index is 12.3. The number of ether oxygens (including phenoxy) is 2. The van der Waals surface area contributed by atoms with E-state index in [9.17, 15) is 28.2 Å². The number of β-amino-alcohol motifs (C(OH)–C–C–N with tert-alkyl or cyclic N) is 1. The molecule has 0 spiro atoms. The van der Waals surface area contributed by atoms with Gasteiger partial charge in [0.05, 0.1) is 6.10 Å². The van der Waals surface area contributed by atoms with Gasteiger partial charge in [-0.05, 0) is 50.1 Å². The number of alkyl halides is 3. The zero-order valence-electron chi connectivity index (χ0n) is 16.9. The van der Waals surface area contributed by atoms with E-state index in [1.807, 2.05) is 13.8 Å². The van der Waals surface area contributed by atoms with Gasteiger partial charge in [0.1, 0.15) is 17.2 Å². The van der Waals surface area contributed by atoms with Crippen molar-refractivity contribution >= 4 is 11.6 Å². The summed E-state index contributed by atoms with van der Waals surface area (Å²) < 4.78 is 46.1. The van der Waals surface area contributed by atoms with Crippen LogP contribution in [0.5, 0.6) is 17.2 Å². The summed E-state index contributed by atoms with van der Waals surface area (Å²) >= 11 is 0. The average molecular weight is 440 g/mol. The molecule has 1 heterocycles. The Labute approximate surface area is 176 Å².